The Labute approximate surface area is 169 Å². The number of carbonyl (C=O) groups excluding carboxylic acids is 2. The van der Waals surface area contributed by atoms with Gasteiger partial charge in [-0.2, -0.15) is 0 Å². The average molecular weight is 401 g/mol. The van der Waals surface area contributed by atoms with Crippen molar-refractivity contribution in [1.82, 2.24) is 4.90 Å². The lowest BCUT2D eigenvalue weighted by molar-refractivity contribution is -0.138. The van der Waals surface area contributed by atoms with Crippen molar-refractivity contribution in [3.8, 4) is 0 Å². The van der Waals surface area contributed by atoms with E-state index in [1.54, 1.807) is 13.1 Å². The summed E-state index contributed by atoms with van der Waals surface area (Å²) in [5.41, 5.74) is 3.00. The van der Waals surface area contributed by atoms with E-state index in [9.17, 15) is 14.7 Å². The van der Waals surface area contributed by atoms with Crippen molar-refractivity contribution in [2.45, 2.75) is 38.9 Å². The molecule has 7 heteroatoms. The molecule has 156 valence electrons. The van der Waals surface area contributed by atoms with Gasteiger partial charge in [-0.15, -0.1) is 0 Å². The number of furan rings is 1. The molecule has 0 unspecified atom stereocenters. The lowest BCUT2D eigenvalue weighted by atomic mass is 9.69. The highest BCUT2D eigenvalue weighted by Crippen LogP contribution is 2.49. The number of hydrogen-bond donors (Lipinski definition) is 2. The molecular formula is C22H27NO6. The van der Waals surface area contributed by atoms with E-state index in [0.717, 1.165) is 29.6 Å². The molecule has 2 saturated heterocycles. The van der Waals surface area contributed by atoms with Crippen LogP contribution in [0.15, 0.2) is 33.3 Å². The van der Waals surface area contributed by atoms with Crippen LogP contribution in [0.2, 0.25) is 0 Å². The molecule has 1 aromatic heterocycles. The van der Waals surface area contributed by atoms with Crippen molar-refractivity contribution in [1.29, 1.82) is 0 Å². The Bertz CT molecular complexity index is 882. The first-order valence-electron chi connectivity index (χ1n) is 10.1. The summed E-state index contributed by atoms with van der Waals surface area (Å²) in [6, 6.07) is 3.57. The summed E-state index contributed by atoms with van der Waals surface area (Å²) in [5.74, 6) is 0.104. The van der Waals surface area contributed by atoms with E-state index in [1.807, 2.05) is 19.1 Å². The molecule has 4 rings (SSSR count). The fourth-order valence-electron chi connectivity index (χ4n) is 5.01. The SMILES string of the molecule is C/C(=C\c1ccc(CO)o1)CC[C@H]1OC[C@H]2C1=C(CO)C[C@H]1C(=O)N(C)C(=O)[C@H]12. The molecule has 2 N–H and O–H groups in total. The highest BCUT2D eigenvalue weighted by atomic mass is 16.5. The van der Waals surface area contributed by atoms with Crippen molar-refractivity contribution in [3.05, 3.63) is 40.4 Å². The molecule has 0 saturated carbocycles. The number of allylic oxidation sites excluding steroid dienone is 1. The maximum Gasteiger partial charge on any atom is 0.233 e. The Morgan fingerprint density at radius 1 is 1.21 bits per heavy atom. The Hall–Kier alpha value is -2.22. The van der Waals surface area contributed by atoms with E-state index >= 15 is 0 Å². The number of imide groups is 1. The summed E-state index contributed by atoms with van der Waals surface area (Å²) in [6.07, 6.45) is 3.74. The third-order valence-corrected chi connectivity index (χ3v) is 6.45. The minimum atomic E-state index is -0.368. The summed E-state index contributed by atoms with van der Waals surface area (Å²) in [5, 5.41) is 19.0. The number of nitrogens with zero attached hydrogens (tertiary/aromatic N) is 1. The normalized spacial score (nSPS) is 29.7. The second-order valence-electron chi connectivity index (χ2n) is 8.21. The standard InChI is InChI=1S/C22H27NO6/c1-12(7-14-4-5-15(10-25)29-14)3-6-18-19-13(9-24)8-16-20(17(19)11-28-18)22(27)23(2)21(16)26/h4-5,7,16-18,20,24-25H,3,6,8-11H2,1-2H3/b12-7+/t16-,17+,18-,20-/m1/s1. The molecular weight excluding hydrogens is 374 g/mol. The first kappa shape index (κ1) is 20.1. The smallest absolute Gasteiger partial charge is 0.233 e. The minimum absolute atomic E-state index is 0.106. The van der Waals surface area contributed by atoms with Crippen molar-refractivity contribution in [3.63, 3.8) is 0 Å². The van der Waals surface area contributed by atoms with Gasteiger partial charge in [0.1, 0.15) is 18.1 Å². The number of rotatable bonds is 6. The number of hydrogen-bond acceptors (Lipinski definition) is 6. The van der Waals surface area contributed by atoms with Crippen molar-refractivity contribution < 1.29 is 29.0 Å². The largest absolute Gasteiger partial charge is 0.459 e. The molecule has 29 heavy (non-hydrogen) atoms. The molecule has 1 aromatic rings. The van der Waals surface area contributed by atoms with Gasteiger partial charge >= 0.3 is 0 Å². The highest BCUT2D eigenvalue weighted by molar-refractivity contribution is 6.05. The van der Waals surface area contributed by atoms with Gasteiger partial charge in [0.15, 0.2) is 0 Å². The van der Waals surface area contributed by atoms with E-state index < -0.39 is 0 Å². The molecule has 0 aromatic carbocycles. The van der Waals surface area contributed by atoms with Crippen LogP contribution >= 0.6 is 0 Å². The zero-order valence-electron chi connectivity index (χ0n) is 16.8. The maximum atomic E-state index is 12.6. The molecule has 7 nitrogen and oxygen atoms in total. The second-order valence-corrected chi connectivity index (χ2v) is 8.21. The van der Waals surface area contributed by atoms with Crippen LogP contribution in [0.5, 0.6) is 0 Å². The Balaban J connectivity index is 1.49. The number of amides is 2. The number of carbonyl (C=O) groups is 2. The van der Waals surface area contributed by atoms with Crippen LogP contribution < -0.4 is 0 Å². The summed E-state index contributed by atoms with van der Waals surface area (Å²) in [6.45, 7) is 2.20. The molecule has 1 aliphatic carbocycles. The topological polar surface area (TPSA) is 100 Å². The summed E-state index contributed by atoms with van der Waals surface area (Å²) < 4.78 is 11.5. The number of aliphatic hydroxyl groups is 2. The number of ether oxygens (including phenoxy) is 1. The van der Waals surface area contributed by atoms with Gasteiger partial charge < -0.3 is 19.4 Å². The number of fused-ring (bicyclic) bond motifs is 3. The van der Waals surface area contributed by atoms with Gasteiger partial charge in [-0.25, -0.2) is 0 Å². The summed E-state index contributed by atoms with van der Waals surface area (Å²) in [4.78, 5) is 26.3. The van der Waals surface area contributed by atoms with Crippen LogP contribution in [0.4, 0.5) is 0 Å². The quantitative estimate of drug-likeness (QED) is 0.558. The first-order chi connectivity index (χ1) is 13.9. The lowest BCUT2D eigenvalue weighted by Gasteiger charge is -2.31. The molecule has 4 atom stereocenters. The van der Waals surface area contributed by atoms with Gasteiger partial charge in [0, 0.05) is 13.0 Å². The van der Waals surface area contributed by atoms with Gasteiger partial charge in [0.05, 0.1) is 31.2 Å². The molecule has 3 aliphatic rings. The fourth-order valence-corrected chi connectivity index (χ4v) is 5.01. The van der Waals surface area contributed by atoms with Gasteiger partial charge in [0.25, 0.3) is 0 Å². The molecule has 3 heterocycles. The second kappa shape index (κ2) is 7.89. The van der Waals surface area contributed by atoms with Gasteiger partial charge in [-0.1, -0.05) is 5.57 Å². The van der Waals surface area contributed by atoms with E-state index in [-0.39, 0.29) is 48.9 Å². The molecule has 2 aliphatic heterocycles. The average Bonchev–Trinajstić information content (AvgIpc) is 3.40. The Morgan fingerprint density at radius 3 is 2.69 bits per heavy atom. The molecule has 2 fully saturated rings. The summed E-state index contributed by atoms with van der Waals surface area (Å²) in [7, 11) is 1.54. The van der Waals surface area contributed by atoms with Gasteiger partial charge in [-0.3, -0.25) is 14.5 Å². The Morgan fingerprint density at radius 2 is 2.00 bits per heavy atom. The Kier molecular flexibility index (Phi) is 5.46. The number of aliphatic hydroxyl groups excluding tert-OH is 2. The monoisotopic (exact) mass is 401 g/mol. The highest BCUT2D eigenvalue weighted by Gasteiger charge is 2.55. The minimum Gasteiger partial charge on any atom is -0.459 e. The third kappa shape index (κ3) is 3.47. The molecule has 0 bridgehead atoms. The van der Waals surface area contributed by atoms with E-state index in [0.29, 0.717) is 24.5 Å². The fraction of sp³-hybridized carbons (Fsp3) is 0.545. The number of likely N-dealkylation sites (tertiary alicyclic amines) is 1. The van der Waals surface area contributed by atoms with Crippen molar-refractivity contribution >= 4 is 17.9 Å². The van der Waals surface area contributed by atoms with Crippen molar-refractivity contribution in [2.75, 3.05) is 20.3 Å². The van der Waals surface area contributed by atoms with E-state index in [2.05, 4.69) is 0 Å². The van der Waals surface area contributed by atoms with Crippen LogP contribution in [0.25, 0.3) is 6.08 Å². The van der Waals surface area contributed by atoms with Gasteiger partial charge in [0.2, 0.25) is 11.8 Å². The lowest BCUT2D eigenvalue weighted by Crippen LogP contribution is -2.34. The molecule has 2 amide bonds. The third-order valence-electron chi connectivity index (χ3n) is 6.45. The van der Waals surface area contributed by atoms with Crippen LogP contribution in [0.1, 0.15) is 37.7 Å². The van der Waals surface area contributed by atoms with Crippen LogP contribution in [0.3, 0.4) is 0 Å². The van der Waals surface area contributed by atoms with E-state index in [4.69, 9.17) is 14.3 Å². The summed E-state index contributed by atoms with van der Waals surface area (Å²) >= 11 is 0. The zero-order chi connectivity index (χ0) is 20.7. The van der Waals surface area contributed by atoms with Gasteiger partial charge in [-0.05, 0) is 55.5 Å². The van der Waals surface area contributed by atoms with Crippen LogP contribution in [0, 0.1) is 17.8 Å². The predicted molar refractivity (Wildman–Crippen MR) is 104 cm³/mol. The predicted octanol–water partition coefficient (Wildman–Crippen LogP) is 1.89. The molecule has 0 radical (unpaired) electrons. The first-order valence-corrected chi connectivity index (χ1v) is 10.1. The van der Waals surface area contributed by atoms with E-state index in [1.165, 1.54) is 4.90 Å². The van der Waals surface area contributed by atoms with Crippen molar-refractivity contribution in [2.24, 2.45) is 17.8 Å². The van der Waals surface area contributed by atoms with Crippen LogP contribution in [-0.2, 0) is 20.9 Å². The van der Waals surface area contributed by atoms with Crippen LogP contribution in [-0.4, -0.2) is 53.3 Å². The zero-order valence-corrected chi connectivity index (χ0v) is 16.8. The maximum absolute atomic E-state index is 12.6. The molecule has 0 spiro atoms.